The number of nitrogens with one attached hydrogen (secondary N) is 1. The van der Waals surface area contributed by atoms with Crippen LogP contribution in [0.3, 0.4) is 0 Å². The van der Waals surface area contributed by atoms with Crippen LogP contribution in [0.4, 0.5) is 5.13 Å². The highest BCUT2D eigenvalue weighted by Gasteiger charge is 2.12. The largest absolute Gasteiger partial charge is 0.489 e. The lowest BCUT2D eigenvalue weighted by Gasteiger charge is -2.03. The third-order valence-electron chi connectivity index (χ3n) is 3.28. The van der Waals surface area contributed by atoms with Crippen LogP contribution in [0.15, 0.2) is 41.8 Å². The van der Waals surface area contributed by atoms with E-state index in [-0.39, 0.29) is 5.91 Å². The van der Waals surface area contributed by atoms with Gasteiger partial charge in [-0.15, -0.1) is 22.7 Å². The lowest BCUT2D eigenvalue weighted by molar-refractivity contribution is 0.103. The van der Waals surface area contributed by atoms with Gasteiger partial charge in [0.05, 0.1) is 10.6 Å². The van der Waals surface area contributed by atoms with Crippen molar-refractivity contribution in [3.63, 3.8) is 0 Å². The zero-order valence-electron chi connectivity index (χ0n) is 12.8. The van der Waals surface area contributed by atoms with Gasteiger partial charge in [0.2, 0.25) is 0 Å². The van der Waals surface area contributed by atoms with Crippen molar-refractivity contribution in [2.75, 3.05) is 5.32 Å². The van der Waals surface area contributed by atoms with Crippen LogP contribution < -0.4 is 10.1 Å². The molecule has 0 aliphatic carbocycles. The van der Waals surface area contributed by atoms with Crippen LogP contribution in [-0.2, 0) is 6.61 Å². The van der Waals surface area contributed by atoms with E-state index < -0.39 is 0 Å². The molecular formula is C17H16N2O2S2. The fraction of sp³-hybridized carbons (Fsp3) is 0.176. The highest BCUT2D eigenvalue weighted by Crippen LogP contribution is 2.23. The molecular weight excluding hydrogens is 328 g/mol. The summed E-state index contributed by atoms with van der Waals surface area (Å²) < 4.78 is 5.69. The van der Waals surface area contributed by atoms with E-state index in [0.29, 0.717) is 16.6 Å². The quantitative estimate of drug-likeness (QED) is 0.733. The van der Waals surface area contributed by atoms with E-state index in [4.69, 9.17) is 4.74 Å². The second kappa shape index (κ2) is 6.93. The number of nitrogens with zero attached hydrogens (tertiary/aromatic N) is 1. The van der Waals surface area contributed by atoms with E-state index >= 15 is 0 Å². The molecule has 2 aromatic heterocycles. The molecule has 0 saturated carbocycles. The molecule has 1 aromatic carbocycles. The molecule has 118 valence electrons. The van der Waals surface area contributed by atoms with Gasteiger partial charge in [-0.3, -0.25) is 10.1 Å². The van der Waals surface area contributed by atoms with E-state index in [1.165, 1.54) is 22.7 Å². The molecule has 1 amide bonds. The van der Waals surface area contributed by atoms with Crippen molar-refractivity contribution in [3.8, 4) is 5.75 Å². The number of ether oxygens (including phenoxy) is 1. The Hall–Kier alpha value is -2.18. The van der Waals surface area contributed by atoms with Crippen molar-refractivity contribution in [2.45, 2.75) is 20.5 Å². The second-order valence-corrected chi connectivity index (χ2v) is 7.15. The SMILES string of the molecule is Cc1nc(NC(=O)c2cc(COc3ccccc3)cs2)sc1C. The van der Waals surface area contributed by atoms with E-state index in [1.54, 1.807) is 0 Å². The molecule has 3 aromatic rings. The molecule has 1 N–H and O–H groups in total. The van der Waals surface area contributed by atoms with Crippen LogP contribution in [0.25, 0.3) is 0 Å². The summed E-state index contributed by atoms with van der Waals surface area (Å²) in [5, 5.41) is 5.43. The van der Waals surface area contributed by atoms with E-state index in [9.17, 15) is 4.79 Å². The first-order valence-electron chi connectivity index (χ1n) is 7.12. The molecule has 0 bridgehead atoms. The van der Waals surface area contributed by atoms with Gasteiger partial charge >= 0.3 is 0 Å². The lowest BCUT2D eigenvalue weighted by Crippen LogP contribution is -2.09. The number of thiazole rings is 1. The third-order valence-corrected chi connectivity index (χ3v) is 5.24. The predicted molar refractivity (Wildman–Crippen MR) is 94.6 cm³/mol. The fourth-order valence-electron chi connectivity index (χ4n) is 1.94. The van der Waals surface area contributed by atoms with Crippen LogP contribution >= 0.6 is 22.7 Å². The Morgan fingerprint density at radius 1 is 1.26 bits per heavy atom. The molecule has 2 heterocycles. The molecule has 3 rings (SSSR count). The van der Waals surface area contributed by atoms with E-state index in [2.05, 4.69) is 10.3 Å². The zero-order chi connectivity index (χ0) is 16.2. The maximum Gasteiger partial charge on any atom is 0.267 e. The Morgan fingerprint density at radius 2 is 2.04 bits per heavy atom. The standard InChI is InChI=1S/C17H16N2O2S2/c1-11-12(2)23-17(18-11)19-16(20)15-8-13(10-22-15)9-21-14-6-4-3-5-7-14/h3-8,10H,9H2,1-2H3,(H,18,19,20). The van der Waals surface area contributed by atoms with Crippen LogP contribution in [0, 0.1) is 13.8 Å². The molecule has 6 heteroatoms. The van der Waals surface area contributed by atoms with Crippen molar-refractivity contribution in [3.05, 3.63) is 62.8 Å². The number of aromatic nitrogens is 1. The maximum absolute atomic E-state index is 12.2. The Morgan fingerprint density at radius 3 is 2.74 bits per heavy atom. The number of rotatable bonds is 5. The Bertz CT molecular complexity index is 790. The Kier molecular flexibility index (Phi) is 4.73. The molecule has 0 saturated heterocycles. The summed E-state index contributed by atoms with van der Waals surface area (Å²) in [6.07, 6.45) is 0. The summed E-state index contributed by atoms with van der Waals surface area (Å²) in [6, 6.07) is 11.5. The number of hydrogen-bond acceptors (Lipinski definition) is 5. The van der Waals surface area contributed by atoms with Crippen molar-refractivity contribution < 1.29 is 9.53 Å². The molecule has 0 fully saturated rings. The van der Waals surface area contributed by atoms with Gasteiger partial charge < -0.3 is 4.74 Å². The topological polar surface area (TPSA) is 51.2 Å². The first-order chi connectivity index (χ1) is 11.1. The summed E-state index contributed by atoms with van der Waals surface area (Å²) in [6.45, 7) is 4.38. The predicted octanol–water partition coefficient (Wildman–Crippen LogP) is 4.65. The molecule has 0 radical (unpaired) electrons. The van der Waals surface area contributed by atoms with Gasteiger partial charge in [-0.05, 0) is 37.4 Å². The number of benzene rings is 1. The molecule has 0 aliphatic rings. The van der Waals surface area contributed by atoms with Crippen molar-refractivity contribution in [1.82, 2.24) is 4.98 Å². The van der Waals surface area contributed by atoms with Crippen molar-refractivity contribution in [1.29, 1.82) is 0 Å². The van der Waals surface area contributed by atoms with Gasteiger partial charge in [0, 0.05) is 10.4 Å². The second-order valence-electron chi connectivity index (χ2n) is 5.04. The monoisotopic (exact) mass is 344 g/mol. The van der Waals surface area contributed by atoms with Gasteiger partial charge in [-0.2, -0.15) is 0 Å². The minimum absolute atomic E-state index is 0.130. The van der Waals surface area contributed by atoms with Gasteiger partial charge in [-0.1, -0.05) is 18.2 Å². The first kappa shape index (κ1) is 15.7. The normalized spacial score (nSPS) is 10.5. The smallest absolute Gasteiger partial charge is 0.267 e. The number of hydrogen-bond donors (Lipinski definition) is 1. The van der Waals surface area contributed by atoms with E-state index in [0.717, 1.165) is 21.9 Å². The summed E-state index contributed by atoms with van der Waals surface area (Å²) in [5.41, 5.74) is 1.93. The number of anilines is 1. The van der Waals surface area contributed by atoms with Crippen LogP contribution in [0.2, 0.25) is 0 Å². The summed E-state index contributed by atoms with van der Waals surface area (Å²) >= 11 is 2.90. The molecule has 23 heavy (non-hydrogen) atoms. The van der Waals surface area contributed by atoms with Gasteiger partial charge in [-0.25, -0.2) is 4.98 Å². The minimum atomic E-state index is -0.130. The lowest BCUT2D eigenvalue weighted by atomic mass is 10.3. The van der Waals surface area contributed by atoms with Crippen LogP contribution in [-0.4, -0.2) is 10.9 Å². The highest BCUT2D eigenvalue weighted by molar-refractivity contribution is 7.16. The van der Waals surface area contributed by atoms with Crippen molar-refractivity contribution >= 4 is 33.7 Å². The van der Waals surface area contributed by atoms with Gasteiger partial charge in [0.15, 0.2) is 5.13 Å². The molecule has 0 unspecified atom stereocenters. The number of carbonyl (C=O) groups excluding carboxylic acids is 1. The third kappa shape index (κ3) is 3.97. The molecule has 0 atom stereocenters. The van der Waals surface area contributed by atoms with Gasteiger partial charge in [0.25, 0.3) is 5.91 Å². The number of para-hydroxylation sites is 1. The Balaban J connectivity index is 1.61. The Labute approximate surface area is 142 Å². The number of carbonyl (C=O) groups is 1. The first-order valence-corrected chi connectivity index (χ1v) is 8.82. The average molecular weight is 344 g/mol. The fourth-order valence-corrected chi connectivity index (χ4v) is 3.54. The molecule has 0 aliphatic heterocycles. The van der Waals surface area contributed by atoms with Crippen LogP contribution in [0.5, 0.6) is 5.75 Å². The number of thiophene rings is 1. The highest BCUT2D eigenvalue weighted by atomic mass is 32.1. The minimum Gasteiger partial charge on any atom is -0.489 e. The van der Waals surface area contributed by atoms with Crippen LogP contribution in [0.1, 0.15) is 25.8 Å². The van der Waals surface area contributed by atoms with Crippen molar-refractivity contribution in [2.24, 2.45) is 0 Å². The maximum atomic E-state index is 12.2. The zero-order valence-corrected chi connectivity index (χ0v) is 14.5. The number of aryl methyl sites for hydroxylation is 2. The molecule has 0 spiro atoms. The van der Waals surface area contributed by atoms with Gasteiger partial charge in [0.1, 0.15) is 12.4 Å². The number of amides is 1. The average Bonchev–Trinajstić information content (AvgIpc) is 3.14. The molecule has 4 nitrogen and oxygen atoms in total. The van der Waals surface area contributed by atoms with E-state index in [1.807, 2.05) is 55.6 Å². The summed E-state index contributed by atoms with van der Waals surface area (Å²) in [4.78, 5) is 18.3. The summed E-state index contributed by atoms with van der Waals surface area (Å²) in [7, 11) is 0. The summed E-state index contributed by atoms with van der Waals surface area (Å²) in [5.74, 6) is 0.688.